The summed E-state index contributed by atoms with van der Waals surface area (Å²) in [6.45, 7) is 6.05. The number of nitrogens with one attached hydrogen (secondary N) is 2. The second-order valence-corrected chi connectivity index (χ2v) is 6.73. The smallest absolute Gasteiger partial charge is 0.271 e. The van der Waals surface area contributed by atoms with Crippen LogP contribution in [0.1, 0.15) is 34.5 Å². The van der Waals surface area contributed by atoms with Crippen molar-refractivity contribution in [3.05, 3.63) is 40.4 Å². The summed E-state index contributed by atoms with van der Waals surface area (Å²) in [4.78, 5) is 16.8. The molecule has 1 aromatic carbocycles. The number of halogens is 1. The Balaban J connectivity index is 0.00000192. The van der Waals surface area contributed by atoms with Gasteiger partial charge in [0.05, 0.1) is 0 Å². The fourth-order valence-electron chi connectivity index (χ4n) is 2.79. The summed E-state index contributed by atoms with van der Waals surface area (Å²) in [6.07, 6.45) is 2.14. The lowest BCUT2D eigenvalue weighted by atomic mass is 10.1. The number of carbonyl (C=O) groups is 1. The first-order chi connectivity index (χ1) is 10.6. The minimum Gasteiger partial charge on any atom is -0.347 e. The Labute approximate surface area is 147 Å². The molecule has 3 rings (SSSR count). The van der Waals surface area contributed by atoms with E-state index >= 15 is 0 Å². The van der Waals surface area contributed by atoms with E-state index in [9.17, 15) is 4.79 Å². The van der Waals surface area contributed by atoms with Gasteiger partial charge < -0.3 is 10.6 Å². The fourth-order valence-corrected chi connectivity index (χ4v) is 3.68. The summed E-state index contributed by atoms with van der Waals surface area (Å²) in [6, 6.07) is 6.52. The number of hydrogen-bond donors (Lipinski definition) is 2. The van der Waals surface area contributed by atoms with E-state index in [4.69, 9.17) is 0 Å². The molecule has 1 saturated heterocycles. The maximum Gasteiger partial charge on any atom is 0.271 e. The minimum atomic E-state index is -0.0686. The SMILES string of the molecule is Cc1ccc(-c2nc(C(=O)N[C@H]3CCCNC3)cs2)c(C)c1.Cl. The molecule has 23 heavy (non-hydrogen) atoms. The van der Waals surface area contributed by atoms with Crippen molar-refractivity contribution in [1.82, 2.24) is 15.6 Å². The van der Waals surface area contributed by atoms with Crippen LogP contribution in [0, 0.1) is 13.8 Å². The minimum absolute atomic E-state index is 0. The lowest BCUT2D eigenvalue weighted by Crippen LogP contribution is -2.45. The van der Waals surface area contributed by atoms with Crippen LogP contribution in [0.25, 0.3) is 10.6 Å². The molecule has 0 radical (unpaired) electrons. The number of benzene rings is 1. The normalized spacial score (nSPS) is 17.4. The molecule has 2 N–H and O–H groups in total. The third-order valence-electron chi connectivity index (χ3n) is 3.98. The van der Waals surface area contributed by atoms with E-state index in [1.807, 2.05) is 5.38 Å². The zero-order valence-corrected chi connectivity index (χ0v) is 15.0. The van der Waals surface area contributed by atoms with E-state index in [0.29, 0.717) is 5.69 Å². The molecule has 1 aromatic heterocycles. The van der Waals surface area contributed by atoms with Crippen LogP contribution in [0.4, 0.5) is 0 Å². The van der Waals surface area contributed by atoms with Crippen molar-refractivity contribution in [1.29, 1.82) is 0 Å². The molecule has 1 aliphatic rings. The third-order valence-corrected chi connectivity index (χ3v) is 4.86. The summed E-state index contributed by atoms with van der Waals surface area (Å²) < 4.78 is 0. The molecule has 1 amide bonds. The molecule has 2 aromatic rings. The van der Waals surface area contributed by atoms with Crippen LogP contribution in [-0.2, 0) is 0 Å². The van der Waals surface area contributed by atoms with Gasteiger partial charge >= 0.3 is 0 Å². The van der Waals surface area contributed by atoms with Gasteiger partial charge in [0.1, 0.15) is 10.7 Å². The largest absolute Gasteiger partial charge is 0.347 e. The maximum atomic E-state index is 12.3. The van der Waals surface area contributed by atoms with Gasteiger partial charge in [-0.15, -0.1) is 23.7 Å². The molecule has 2 heterocycles. The summed E-state index contributed by atoms with van der Waals surface area (Å²) >= 11 is 1.53. The number of rotatable bonds is 3. The van der Waals surface area contributed by atoms with Crippen molar-refractivity contribution in [2.24, 2.45) is 0 Å². The summed E-state index contributed by atoms with van der Waals surface area (Å²) in [5, 5.41) is 9.12. The van der Waals surface area contributed by atoms with Crippen LogP contribution < -0.4 is 10.6 Å². The number of carbonyl (C=O) groups excluding carboxylic acids is 1. The van der Waals surface area contributed by atoms with Gasteiger partial charge in [-0.25, -0.2) is 4.98 Å². The van der Waals surface area contributed by atoms with Gasteiger partial charge in [0.25, 0.3) is 5.91 Å². The Bertz CT molecular complexity index is 680. The van der Waals surface area contributed by atoms with Crippen LogP contribution >= 0.6 is 23.7 Å². The van der Waals surface area contributed by atoms with Crippen molar-refractivity contribution < 1.29 is 4.79 Å². The summed E-state index contributed by atoms with van der Waals surface area (Å²) in [7, 11) is 0. The summed E-state index contributed by atoms with van der Waals surface area (Å²) in [5.74, 6) is -0.0686. The van der Waals surface area contributed by atoms with Crippen molar-refractivity contribution in [2.75, 3.05) is 13.1 Å². The molecule has 0 saturated carbocycles. The van der Waals surface area contributed by atoms with Crippen LogP contribution in [0.15, 0.2) is 23.6 Å². The molecule has 124 valence electrons. The molecular formula is C17H22ClN3OS. The summed E-state index contributed by atoms with van der Waals surface area (Å²) in [5.41, 5.74) is 4.05. The molecule has 1 fully saturated rings. The van der Waals surface area contributed by atoms with Crippen LogP contribution in [-0.4, -0.2) is 30.0 Å². The van der Waals surface area contributed by atoms with Gasteiger partial charge in [-0.05, 0) is 38.8 Å². The van der Waals surface area contributed by atoms with E-state index in [2.05, 4.69) is 47.7 Å². The van der Waals surface area contributed by atoms with Crippen molar-refractivity contribution in [3.63, 3.8) is 0 Å². The van der Waals surface area contributed by atoms with Gasteiger partial charge in [0.2, 0.25) is 0 Å². The predicted molar refractivity (Wildman–Crippen MR) is 97.6 cm³/mol. The van der Waals surface area contributed by atoms with Gasteiger partial charge in [-0.3, -0.25) is 4.79 Å². The number of nitrogens with zero attached hydrogens (tertiary/aromatic N) is 1. The zero-order valence-electron chi connectivity index (χ0n) is 13.4. The Morgan fingerprint density at radius 2 is 2.22 bits per heavy atom. The van der Waals surface area contributed by atoms with Gasteiger partial charge in [0.15, 0.2) is 0 Å². The Hall–Kier alpha value is -1.43. The lowest BCUT2D eigenvalue weighted by Gasteiger charge is -2.23. The van der Waals surface area contributed by atoms with Gasteiger partial charge in [-0.2, -0.15) is 0 Å². The first-order valence-corrected chi connectivity index (χ1v) is 8.56. The standard InChI is InChI=1S/C17H21N3OS.ClH/c1-11-5-6-14(12(2)8-11)17-20-15(10-22-17)16(21)19-13-4-3-7-18-9-13;/h5-6,8,10,13,18H,3-4,7,9H2,1-2H3,(H,19,21);1H/t13-;/m0./s1. The Morgan fingerprint density at radius 3 is 2.91 bits per heavy atom. The van der Waals surface area contributed by atoms with E-state index in [1.54, 1.807) is 0 Å². The highest BCUT2D eigenvalue weighted by atomic mass is 35.5. The van der Waals surface area contributed by atoms with E-state index in [-0.39, 0.29) is 24.4 Å². The highest BCUT2D eigenvalue weighted by molar-refractivity contribution is 7.13. The molecule has 1 aliphatic heterocycles. The quantitative estimate of drug-likeness (QED) is 0.891. The van der Waals surface area contributed by atoms with E-state index in [0.717, 1.165) is 36.5 Å². The maximum absolute atomic E-state index is 12.3. The Morgan fingerprint density at radius 1 is 1.39 bits per heavy atom. The molecule has 0 spiro atoms. The number of piperidine rings is 1. The molecule has 0 unspecified atom stereocenters. The monoisotopic (exact) mass is 351 g/mol. The highest BCUT2D eigenvalue weighted by Gasteiger charge is 2.18. The number of thiazole rings is 1. The number of aryl methyl sites for hydroxylation is 2. The number of hydrogen-bond acceptors (Lipinski definition) is 4. The Kier molecular flexibility index (Phi) is 6.16. The molecular weight excluding hydrogens is 330 g/mol. The van der Waals surface area contributed by atoms with Crippen LogP contribution in [0.3, 0.4) is 0 Å². The second kappa shape index (κ2) is 7.90. The third kappa shape index (κ3) is 4.31. The van der Waals surface area contributed by atoms with Gasteiger partial charge in [-0.1, -0.05) is 23.8 Å². The van der Waals surface area contributed by atoms with Gasteiger partial charge in [0, 0.05) is 23.5 Å². The van der Waals surface area contributed by atoms with E-state index in [1.165, 1.54) is 22.5 Å². The molecule has 0 bridgehead atoms. The molecule has 4 nitrogen and oxygen atoms in total. The van der Waals surface area contributed by atoms with Crippen molar-refractivity contribution >= 4 is 29.7 Å². The average Bonchev–Trinajstić information content (AvgIpc) is 2.98. The zero-order chi connectivity index (χ0) is 15.5. The van der Waals surface area contributed by atoms with Crippen molar-refractivity contribution in [2.45, 2.75) is 32.7 Å². The first kappa shape index (κ1) is 17.9. The topological polar surface area (TPSA) is 54.0 Å². The predicted octanol–water partition coefficient (Wildman–Crippen LogP) is 3.33. The number of aromatic nitrogens is 1. The first-order valence-electron chi connectivity index (χ1n) is 7.68. The molecule has 1 atom stereocenters. The molecule has 6 heteroatoms. The highest BCUT2D eigenvalue weighted by Crippen LogP contribution is 2.27. The molecule has 0 aliphatic carbocycles. The fraction of sp³-hybridized carbons (Fsp3) is 0.412. The second-order valence-electron chi connectivity index (χ2n) is 5.87. The van der Waals surface area contributed by atoms with Crippen molar-refractivity contribution in [3.8, 4) is 10.6 Å². The van der Waals surface area contributed by atoms with Crippen LogP contribution in [0.5, 0.6) is 0 Å². The number of amides is 1. The lowest BCUT2D eigenvalue weighted by molar-refractivity contribution is 0.0926. The average molecular weight is 352 g/mol. The van der Waals surface area contributed by atoms with Crippen LogP contribution in [0.2, 0.25) is 0 Å². The van der Waals surface area contributed by atoms with E-state index < -0.39 is 0 Å².